The third-order valence-electron chi connectivity index (χ3n) is 3.23. The van der Waals surface area contributed by atoms with Gasteiger partial charge in [-0.2, -0.15) is 0 Å². The average molecular weight is 291 g/mol. The largest absolute Gasteiger partial charge is 0.345 e. The van der Waals surface area contributed by atoms with Crippen molar-refractivity contribution in [1.29, 1.82) is 0 Å². The summed E-state index contributed by atoms with van der Waals surface area (Å²) in [5.74, 6) is -0.101. The van der Waals surface area contributed by atoms with E-state index in [2.05, 4.69) is 5.32 Å². The van der Waals surface area contributed by atoms with E-state index >= 15 is 0 Å². The van der Waals surface area contributed by atoms with Gasteiger partial charge < -0.3 is 11.1 Å². The fourth-order valence-corrected chi connectivity index (χ4v) is 1.81. The quantitative estimate of drug-likeness (QED) is 0.876. The lowest BCUT2D eigenvalue weighted by Gasteiger charge is -2.31. The summed E-state index contributed by atoms with van der Waals surface area (Å²) in [6, 6.07) is 6.84. The lowest BCUT2D eigenvalue weighted by Crippen LogP contribution is -2.52. The summed E-state index contributed by atoms with van der Waals surface area (Å²) in [4.78, 5) is 12.0. The Morgan fingerprint density at radius 3 is 2.17 bits per heavy atom. The number of benzene rings is 1. The van der Waals surface area contributed by atoms with Crippen molar-refractivity contribution in [1.82, 2.24) is 5.32 Å². The molecule has 3 nitrogen and oxygen atoms in total. The lowest BCUT2D eigenvalue weighted by atomic mass is 9.92. The van der Waals surface area contributed by atoms with Gasteiger partial charge in [-0.05, 0) is 37.1 Å². The van der Waals surface area contributed by atoms with E-state index in [9.17, 15) is 4.79 Å². The first-order chi connectivity index (χ1) is 8.06. The molecule has 1 amide bonds. The molecule has 0 heterocycles. The zero-order valence-corrected chi connectivity index (χ0v) is 12.3. The first-order valence-corrected chi connectivity index (χ1v) is 6.23. The first-order valence-electron chi connectivity index (χ1n) is 5.85. The molecule has 0 radical (unpaired) electrons. The minimum absolute atomic E-state index is 0. The van der Waals surface area contributed by atoms with Crippen molar-refractivity contribution in [2.75, 3.05) is 6.54 Å². The maximum atomic E-state index is 12.0. The molecule has 0 atom stereocenters. The summed E-state index contributed by atoms with van der Waals surface area (Å²) in [6.07, 6.45) is 1.64. The lowest BCUT2D eigenvalue weighted by molar-refractivity contribution is 0.0895. The molecule has 1 aromatic rings. The van der Waals surface area contributed by atoms with E-state index in [4.69, 9.17) is 17.3 Å². The van der Waals surface area contributed by atoms with Crippen LogP contribution in [0.25, 0.3) is 0 Å². The van der Waals surface area contributed by atoms with Gasteiger partial charge in [-0.15, -0.1) is 12.4 Å². The summed E-state index contributed by atoms with van der Waals surface area (Å²) in [5.41, 5.74) is 6.04. The number of carbonyl (C=O) groups excluding carboxylic acids is 1. The van der Waals surface area contributed by atoms with E-state index in [1.807, 2.05) is 13.8 Å². The molecule has 0 saturated carbocycles. The summed E-state index contributed by atoms with van der Waals surface area (Å²) in [5, 5.41) is 3.63. The second kappa shape index (κ2) is 7.62. The number of rotatable bonds is 5. The van der Waals surface area contributed by atoms with E-state index < -0.39 is 0 Å². The number of nitrogens with one attached hydrogen (secondary N) is 1. The van der Waals surface area contributed by atoms with Crippen LogP contribution >= 0.6 is 24.0 Å². The number of halogens is 2. The number of nitrogens with two attached hydrogens (primary N) is 1. The molecule has 0 aromatic heterocycles. The zero-order valence-electron chi connectivity index (χ0n) is 10.7. The van der Waals surface area contributed by atoms with Gasteiger partial charge in [0.25, 0.3) is 5.91 Å². The van der Waals surface area contributed by atoms with Crippen molar-refractivity contribution in [2.24, 2.45) is 5.73 Å². The molecular formula is C13H20Cl2N2O. The molecule has 3 N–H and O–H groups in total. The van der Waals surface area contributed by atoms with Crippen molar-refractivity contribution >= 4 is 29.9 Å². The number of amides is 1. The molecule has 18 heavy (non-hydrogen) atoms. The van der Waals surface area contributed by atoms with Crippen molar-refractivity contribution in [2.45, 2.75) is 32.2 Å². The van der Waals surface area contributed by atoms with Crippen LogP contribution in [0.2, 0.25) is 5.02 Å². The Bertz CT molecular complexity index is 367. The number of hydrogen-bond acceptors (Lipinski definition) is 2. The van der Waals surface area contributed by atoms with Gasteiger partial charge in [0.1, 0.15) is 0 Å². The minimum atomic E-state index is -0.309. The molecule has 1 aromatic carbocycles. The molecular weight excluding hydrogens is 271 g/mol. The standard InChI is InChI=1S/C13H19ClN2O.ClH/c1-3-13(4-2,9-15)16-12(17)10-5-7-11(14)8-6-10;/h5-8H,3-4,9,15H2,1-2H3,(H,16,17);1H. The van der Waals surface area contributed by atoms with E-state index in [-0.39, 0.29) is 23.9 Å². The summed E-state index contributed by atoms with van der Waals surface area (Å²) in [6.45, 7) is 4.50. The minimum Gasteiger partial charge on any atom is -0.345 e. The molecule has 0 spiro atoms. The average Bonchev–Trinajstić information content (AvgIpc) is 2.37. The van der Waals surface area contributed by atoms with Gasteiger partial charge >= 0.3 is 0 Å². The SMILES string of the molecule is CCC(CC)(CN)NC(=O)c1ccc(Cl)cc1.Cl. The molecule has 0 fully saturated rings. The van der Waals surface area contributed by atoms with Gasteiger partial charge in [0, 0.05) is 17.1 Å². The predicted molar refractivity (Wildman–Crippen MR) is 78.5 cm³/mol. The van der Waals surface area contributed by atoms with Crippen molar-refractivity contribution in [3.05, 3.63) is 34.9 Å². The summed E-state index contributed by atoms with van der Waals surface area (Å²) >= 11 is 5.78. The zero-order chi connectivity index (χ0) is 12.9. The normalized spacial score (nSPS) is 10.7. The third-order valence-corrected chi connectivity index (χ3v) is 3.48. The topological polar surface area (TPSA) is 55.1 Å². The Labute approximate surface area is 119 Å². The Morgan fingerprint density at radius 1 is 1.28 bits per heavy atom. The molecule has 0 bridgehead atoms. The van der Waals surface area contributed by atoms with Crippen LogP contribution in [-0.2, 0) is 0 Å². The van der Waals surface area contributed by atoms with Gasteiger partial charge in [0.05, 0.1) is 5.54 Å². The monoisotopic (exact) mass is 290 g/mol. The summed E-state index contributed by atoms with van der Waals surface area (Å²) in [7, 11) is 0. The fraction of sp³-hybridized carbons (Fsp3) is 0.462. The van der Waals surface area contributed by atoms with Crippen molar-refractivity contribution in [3.8, 4) is 0 Å². The molecule has 5 heteroatoms. The van der Waals surface area contributed by atoms with Crippen LogP contribution in [0.5, 0.6) is 0 Å². The van der Waals surface area contributed by atoms with Gasteiger partial charge in [0.15, 0.2) is 0 Å². The van der Waals surface area contributed by atoms with E-state index in [0.29, 0.717) is 17.1 Å². The highest BCUT2D eigenvalue weighted by Gasteiger charge is 2.26. The predicted octanol–water partition coefficient (Wildman–Crippen LogP) is 3.01. The highest BCUT2D eigenvalue weighted by molar-refractivity contribution is 6.30. The van der Waals surface area contributed by atoms with E-state index in [1.54, 1.807) is 24.3 Å². The number of carbonyl (C=O) groups is 1. The third kappa shape index (κ3) is 4.16. The molecule has 0 saturated heterocycles. The Morgan fingerprint density at radius 2 is 1.78 bits per heavy atom. The second-order valence-corrected chi connectivity index (χ2v) is 4.59. The van der Waals surface area contributed by atoms with Gasteiger partial charge in [0.2, 0.25) is 0 Å². The van der Waals surface area contributed by atoms with Crippen LogP contribution in [-0.4, -0.2) is 18.0 Å². The molecule has 102 valence electrons. The maximum absolute atomic E-state index is 12.0. The van der Waals surface area contributed by atoms with Gasteiger partial charge in [-0.25, -0.2) is 0 Å². The van der Waals surface area contributed by atoms with Crippen LogP contribution in [0, 0.1) is 0 Å². The molecule has 0 aliphatic heterocycles. The Hall–Kier alpha value is -0.770. The Kier molecular flexibility index (Phi) is 7.29. The van der Waals surface area contributed by atoms with Gasteiger partial charge in [-0.3, -0.25) is 4.79 Å². The van der Waals surface area contributed by atoms with Crippen LogP contribution < -0.4 is 11.1 Å². The van der Waals surface area contributed by atoms with Crippen LogP contribution in [0.4, 0.5) is 0 Å². The molecule has 0 aliphatic rings. The second-order valence-electron chi connectivity index (χ2n) is 4.15. The molecule has 0 unspecified atom stereocenters. The fourth-order valence-electron chi connectivity index (χ4n) is 1.68. The van der Waals surface area contributed by atoms with Crippen LogP contribution in [0.15, 0.2) is 24.3 Å². The smallest absolute Gasteiger partial charge is 0.251 e. The summed E-state index contributed by atoms with van der Waals surface area (Å²) < 4.78 is 0. The van der Waals surface area contributed by atoms with Crippen LogP contribution in [0.3, 0.4) is 0 Å². The van der Waals surface area contributed by atoms with Crippen molar-refractivity contribution < 1.29 is 4.79 Å². The number of hydrogen-bond donors (Lipinski definition) is 2. The molecule has 1 rings (SSSR count). The first kappa shape index (κ1) is 17.2. The Balaban J connectivity index is 0.00000289. The maximum Gasteiger partial charge on any atom is 0.251 e. The highest BCUT2D eigenvalue weighted by atomic mass is 35.5. The van der Waals surface area contributed by atoms with Crippen molar-refractivity contribution in [3.63, 3.8) is 0 Å². The van der Waals surface area contributed by atoms with Gasteiger partial charge in [-0.1, -0.05) is 25.4 Å². The van der Waals surface area contributed by atoms with Crippen LogP contribution in [0.1, 0.15) is 37.0 Å². The van der Waals surface area contributed by atoms with E-state index in [0.717, 1.165) is 12.8 Å². The molecule has 0 aliphatic carbocycles. The van der Waals surface area contributed by atoms with E-state index in [1.165, 1.54) is 0 Å². The highest BCUT2D eigenvalue weighted by Crippen LogP contribution is 2.15.